The number of hydrogen-bond acceptors (Lipinski definition) is 3. The lowest BCUT2D eigenvalue weighted by atomic mass is 10.5. The third-order valence-electron chi connectivity index (χ3n) is 1.33. The average Bonchev–Trinajstić information content (AvgIpc) is 2.29. The first-order valence-corrected chi connectivity index (χ1v) is 3.55. The molecular weight excluding hydrogens is 144 g/mol. The van der Waals surface area contributed by atoms with Gasteiger partial charge in [-0.05, 0) is 6.42 Å². The summed E-state index contributed by atoms with van der Waals surface area (Å²) < 4.78 is 0. The summed E-state index contributed by atoms with van der Waals surface area (Å²) in [5.41, 5.74) is 2.70. The van der Waals surface area contributed by atoms with Crippen LogP contribution in [0.3, 0.4) is 0 Å². The number of nitrogens with one attached hydrogen (secondary N) is 1. The van der Waals surface area contributed by atoms with E-state index in [-0.39, 0.29) is 11.8 Å². The van der Waals surface area contributed by atoms with Gasteiger partial charge in [-0.2, -0.15) is 0 Å². The van der Waals surface area contributed by atoms with Crippen LogP contribution in [0.5, 0.6) is 0 Å². The zero-order chi connectivity index (χ0) is 8.27. The minimum atomic E-state index is -0.288. The maximum absolute atomic E-state index is 10.8. The van der Waals surface area contributed by atoms with E-state index < -0.39 is 0 Å². The van der Waals surface area contributed by atoms with Crippen LogP contribution < -0.4 is 5.43 Å². The van der Waals surface area contributed by atoms with Crippen LogP contribution in [0.15, 0.2) is 12.2 Å². The second-order valence-electron chi connectivity index (χ2n) is 2.25. The van der Waals surface area contributed by atoms with Gasteiger partial charge in [-0.1, -0.05) is 6.92 Å². The van der Waals surface area contributed by atoms with E-state index in [2.05, 4.69) is 5.43 Å². The van der Waals surface area contributed by atoms with Crippen LogP contribution in [-0.2, 0) is 9.59 Å². The zero-order valence-electron chi connectivity index (χ0n) is 6.33. The Morgan fingerprint density at radius 3 is 2.36 bits per heavy atom. The van der Waals surface area contributed by atoms with Crippen LogP contribution in [0.25, 0.3) is 0 Å². The first-order chi connectivity index (χ1) is 5.25. The lowest BCUT2D eigenvalue weighted by molar-refractivity contribution is -0.140. The van der Waals surface area contributed by atoms with Crippen molar-refractivity contribution >= 4 is 11.8 Å². The average molecular weight is 154 g/mol. The van der Waals surface area contributed by atoms with E-state index >= 15 is 0 Å². The van der Waals surface area contributed by atoms with E-state index in [1.54, 1.807) is 0 Å². The Labute approximate surface area is 64.8 Å². The van der Waals surface area contributed by atoms with Gasteiger partial charge in [-0.25, -0.2) is 10.4 Å². The number of carbonyl (C=O) groups excluding carboxylic acids is 2. The molecule has 0 aromatic carbocycles. The summed E-state index contributed by atoms with van der Waals surface area (Å²) in [7, 11) is 0. The van der Waals surface area contributed by atoms with Crippen molar-refractivity contribution in [2.24, 2.45) is 0 Å². The molecule has 0 radical (unpaired) electrons. The number of hydrazine groups is 1. The molecule has 0 aromatic heterocycles. The van der Waals surface area contributed by atoms with Gasteiger partial charge < -0.3 is 0 Å². The summed E-state index contributed by atoms with van der Waals surface area (Å²) >= 11 is 0. The number of amides is 2. The Morgan fingerprint density at radius 2 is 1.91 bits per heavy atom. The van der Waals surface area contributed by atoms with E-state index in [1.807, 2.05) is 6.92 Å². The highest BCUT2D eigenvalue weighted by atomic mass is 16.2. The van der Waals surface area contributed by atoms with Crippen LogP contribution in [0.1, 0.15) is 13.3 Å². The molecule has 4 heteroatoms. The summed E-state index contributed by atoms with van der Waals surface area (Å²) in [6.45, 7) is 2.60. The molecule has 1 rings (SSSR count). The zero-order valence-corrected chi connectivity index (χ0v) is 6.33. The second-order valence-corrected chi connectivity index (χ2v) is 2.25. The molecule has 1 heterocycles. The lowest BCUT2D eigenvalue weighted by Gasteiger charge is -2.13. The topological polar surface area (TPSA) is 49.4 Å². The molecule has 0 atom stereocenters. The second kappa shape index (κ2) is 3.30. The van der Waals surface area contributed by atoms with Crippen LogP contribution in [0, 0.1) is 0 Å². The third-order valence-corrected chi connectivity index (χ3v) is 1.33. The minimum absolute atomic E-state index is 0.288. The molecule has 60 valence electrons. The molecule has 0 spiro atoms. The van der Waals surface area contributed by atoms with Crippen molar-refractivity contribution < 1.29 is 9.59 Å². The number of carbonyl (C=O) groups is 2. The van der Waals surface area contributed by atoms with Gasteiger partial charge in [0.2, 0.25) is 0 Å². The van der Waals surface area contributed by atoms with Crippen molar-refractivity contribution in [2.75, 3.05) is 6.54 Å². The third kappa shape index (κ3) is 1.65. The van der Waals surface area contributed by atoms with Crippen molar-refractivity contribution in [1.82, 2.24) is 10.4 Å². The number of rotatable bonds is 3. The molecule has 0 aliphatic carbocycles. The van der Waals surface area contributed by atoms with Gasteiger partial charge in [0.05, 0.1) is 0 Å². The molecule has 4 nitrogen and oxygen atoms in total. The Morgan fingerprint density at radius 1 is 1.36 bits per heavy atom. The maximum atomic E-state index is 10.8. The number of hydrogen-bond donors (Lipinski definition) is 1. The molecule has 0 bridgehead atoms. The van der Waals surface area contributed by atoms with E-state index in [0.717, 1.165) is 11.4 Å². The van der Waals surface area contributed by atoms with E-state index in [1.165, 1.54) is 12.2 Å². The van der Waals surface area contributed by atoms with Crippen molar-refractivity contribution in [3.05, 3.63) is 12.2 Å². The van der Waals surface area contributed by atoms with Crippen LogP contribution >= 0.6 is 0 Å². The largest absolute Gasteiger partial charge is 0.268 e. The Kier molecular flexibility index (Phi) is 2.38. The lowest BCUT2D eigenvalue weighted by Crippen LogP contribution is -2.42. The Bertz CT molecular complexity index is 192. The van der Waals surface area contributed by atoms with Gasteiger partial charge in [0.25, 0.3) is 11.8 Å². The fraction of sp³-hybridized carbons (Fsp3) is 0.429. The van der Waals surface area contributed by atoms with E-state index in [0.29, 0.717) is 6.54 Å². The van der Waals surface area contributed by atoms with E-state index in [9.17, 15) is 9.59 Å². The summed E-state index contributed by atoms with van der Waals surface area (Å²) in [4.78, 5) is 21.7. The van der Waals surface area contributed by atoms with E-state index in [4.69, 9.17) is 0 Å². The SMILES string of the molecule is CCCNN1C(=O)C=CC1=O. The Balaban J connectivity index is 2.46. The van der Waals surface area contributed by atoms with Gasteiger partial charge in [-0.3, -0.25) is 9.59 Å². The number of imide groups is 1. The predicted molar refractivity (Wildman–Crippen MR) is 39.3 cm³/mol. The molecule has 0 saturated heterocycles. The first-order valence-electron chi connectivity index (χ1n) is 3.55. The maximum Gasteiger partial charge on any atom is 0.268 e. The van der Waals surface area contributed by atoms with Gasteiger partial charge in [0.15, 0.2) is 0 Å². The standard InChI is InChI=1S/C7H10N2O2/c1-2-5-8-9-6(10)3-4-7(9)11/h3-4,8H,2,5H2,1H3. The van der Waals surface area contributed by atoms with Gasteiger partial charge >= 0.3 is 0 Å². The van der Waals surface area contributed by atoms with Gasteiger partial charge in [-0.15, -0.1) is 0 Å². The van der Waals surface area contributed by atoms with Gasteiger partial charge in [0.1, 0.15) is 0 Å². The summed E-state index contributed by atoms with van der Waals surface area (Å²) in [5, 5.41) is 1.02. The quantitative estimate of drug-likeness (QED) is 0.574. The normalized spacial score (nSPS) is 16.6. The molecule has 2 amide bonds. The smallest absolute Gasteiger partial charge is 0.268 e. The summed E-state index contributed by atoms with van der Waals surface area (Å²) in [6.07, 6.45) is 3.40. The highest BCUT2D eigenvalue weighted by molar-refractivity contribution is 6.12. The molecule has 0 saturated carbocycles. The molecule has 0 fully saturated rings. The molecule has 1 aliphatic rings. The molecule has 0 unspecified atom stereocenters. The predicted octanol–water partition coefficient (Wildman–Crippen LogP) is -0.174. The molecule has 0 aromatic rings. The van der Waals surface area contributed by atoms with Crippen LogP contribution in [0.4, 0.5) is 0 Å². The van der Waals surface area contributed by atoms with Crippen molar-refractivity contribution in [3.8, 4) is 0 Å². The fourth-order valence-corrected chi connectivity index (χ4v) is 0.780. The molecule has 11 heavy (non-hydrogen) atoms. The molecule has 1 N–H and O–H groups in total. The summed E-state index contributed by atoms with van der Waals surface area (Å²) in [5.74, 6) is -0.577. The highest BCUT2D eigenvalue weighted by Gasteiger charge is 2.22. The first kappa shape index (κ1) is 7.94. The Hall–Kier alpha value is -1.16. The monoisotopic (exact) mass is 154 g/mol. The minimum Gasteiger partial charge on any atom is -0.268 e. The number of nitrogens with zero attached hydrogens (tertiary/aromatic N) is 1. The molecular formula is C7H10N2O2. The van der Waals surface area contributed by atoms with Crippen molar-refractivity contribution in [1.29, 1.82) is 0 Å². The van der Waals surface area contributed by atoms with Crippen LogP contribution in [0.2, 0.25) is 0 Å². The molecule has 1 aliphatic heterocycles. The van der Waals surface area contributed by atoms with Crippen molar-refractivity contribution in [2.45, 2.75) is 13.3 Å². The van der Waals surface area contributed by atoms with Crippen molar-refractivity contribution in [3.63, 3.8) is 0 Å². The van der Waals surface area contributed by atoms with Gasteiger partial charge in [0, 0.05) is 18.7 Å². The van der Waals surface area contributed by atoms with Crippen LogP contribution in [-0.4, -0.2) is 23.4 Å². The highest BCUT2D eigenvalue weighted by Crippen LogP contribution is 1.98. The fourth-order valence-electron chi connectivity index (χ4n) is 0.780. The summed E-state index contributed by atoms with van der Waals surface area (Å²) in [6, 6.07) is 0.